The summed E-state index contributed by atoms with van der Waals surface area (Å²) in [6.07, 6.45) is 3.94. The minimum Gasteiger partial charge on any atom is -0.440 e. The van der Waals surface area contributed by atoms with E-state index in [0.29, 0.717) is 17.4 Å². The summed E-state index contributed by atoms with van der Waals surface area (Å²) in [5.41, 5.74) is 3.38. The van der Waals surface area contributed by atoms with Crippen LogP contribution in [0.1, 0.15) is 30.2 Å². The van der Waals surface area contributed by atoms with E-state index in [1.807, 2.05) is 38.1 Å². The number of sulfonamides is 1. The lowest BCUT2D eigenvalue weighted by Gasteiger charge is -2.17. The predicted molar refractivity (Wildman–Crippen MR) is 110 cm³/mol. The van der Waals surface area contributed by atoms with Gasteiger partial charge in [0, 0.05) is 31.3 Å². The van der Waals surface area contributed by atoms with Crippen LogP contribution in [-0.2, 0) is 10.0 Å². The van der Waals surface area contributed by atoms with Crippen LogP contribution >= 0.6 is 0 Å². The van der Waals surface area contributed by atoms with Crippen LogP contribution < -0.4 is 9.62 Å². The average Bonchev–Trinajstić information content (AvgIpc) is 3.40. The van der Waals surface area contributed by atoms with Gasteiger partial charge in [0.05, 0.1) is 16.8 Å². The second kappa shape index (κ2) is 6.98. The van der Waals surface area contributed by atoms with E-state index in [4.69, 9.17) is 4.42 Å². The topological polar surface area (TPSA) is 75.4 Å². The summed E-state index contributed by atoms with van der Waals surface area (Å²) in [7, 11) is 0.176. The van der Waals surface area contributed by atoms with Crippen LogP contribution in [0.15, 0.2) is 58.0 Å². The molecule has 1 aromatic heterocycles. The predicted octanol–water partition coefficient (Wildman–Crippen LogP) is 4.39. The summed E-state index contributed by atoms with van der Waals surface area (Å²) in [6.45, 7) is 1.99. The Labute approximate surface area is 165 Å². The number of rotatable bonds is 6. The van der Waals surface area contributed by atoms with Crippen molar-refractivity contribution < 1.29 is 12.8 Å². The van der Waals surface area contributed by atoms with Crippen LogP contribution in [0.5, 0.6) is 0 Å². The van der Waals surface area contributed by atoms with Crippen LogP contribution in [0.3, 0.4) is 0 Å². The van der Waals surface area contributed by atoms with E-state index in [1.165, 1.54) is 0 Å². The summed E-state index contributed by atoms with van der Waals surface area (Å²) in [5, 5.41) is 0. The fraction of sp³-hybridized carbons (Fsp3) is 0.286. The summed E-state index contributed by atoms with van der Waals surface area (Å²) in [5.74, 6) is 1.87. The normalized spacial score (nSPS) is 14.1. The maximum absolute atomic E-state index is 12.8. The average molecular weight is 398 g/mol. The molecule has 1 aliphatic carbocycles. The smallest absolute Gasteiger partial charge is 0.261 e. The molecule has 6 nitrogen and oxygen atoms in total. The molecule has 0 bridgehead atoms. The lowest BCUT2D eigenvalue weighted by Crippen LogP contribution is -2.14. The van der Waals surface area contributed by atoms with Gasteiger partial charge < -0.3 is 9.32 Å². The van der Waals surface area contributed by atoms with Gasteiger partial charge in [0.25, 0.3) is 10.0 Å². The van der Waals surface area contributed by atoms with Crippen molar-refractivity contribution in [3.05, 3.63) is 60.1 Å². The highest BCUT2D eigenvalue weighted by Crippen LogP contribution is 2.40. The maximum atomic E-state index is 12.8. The van der Waals surface area contributed by atoms with Gasteiger partial charge in [0.1, 0.15) is 0 Å². The molecule has 146 valence electrons. The largest absolute Gasteiger partial charge is 0.440 e. The highest BCUT2D eigenvalue weighted by atomic mass is 32.2. The Hall–Kier alpha value is -2.80. The maximum Gasteiger partial charge on any atom is 0.261 e. The highest BCUT2D eigenvalue weighted by molar-refractivity contribution is 7.92. The Balaban J connectivity index is 1.55. The number of nitrogens with zero attached hydrogens (tertiary/aromatic N) is 2. The van der Waals surface area contributed by atoms with Gasteiger partial charge >= 0.3 is 0 Å². The minimum atomic E-state index is -3.68. The molecule has 1 fully saturated rings. The SMILES string of the molecule is Cc1ccc(NS(=O)(=O)c2ccc(-c3cnc(C4CC4)o3)cc2)cc1N(C)C. The molecule has 4 rings (SSSR count). The molecule has 1 aliphatic rings. The van der Waals surface area contributed by atoms with Gasteiger partial charge in [0.2, 0.25) is 0 Å². The molecule has 1 saturated carbocycles. The number of hydrogen-bond donors (Lipinski definition) is 1. The molecular formula is C21H23N3O3S. The van der Waals surface area contributed by atoms with E-state index in [-0.39, 0.29) is 4.90 Å². The van der Waals surface area contributed by atoms with Crippen molar-refractivity contribution in [2.24, 2.45) is 0 Å². The summed E-state index contributed by atoms with van der Waals surface area (Å²) >= 11 is 0. The first-order valence-corrected chi connectivity index (χ1v) is 10.7. The lowest BCUT2D eigenvalue weighted by atomic mass is 10.2. The fourth-order valence-electron chi connectivity index (χ4n) is 3.11. The molecule has 0 amide bonds. The molecule has 0 saturated heterocycles. The number of aromatic nitrogens is 1. The van der Waals surface area contributed by atoms with Gasteiger partial charge in [-0.3, -0.25) is 4.72 Å². The van der Waals surface area contributed by atoms with Crippen molar-refractivity contribution >= 4 is 21.4 Å². The summed E-state index contributed by atoms with van der Waals surface area (Å²) in [6, 6.07) is 12.1. The monoisotopic (exact) mass is 397 g/mol. The molecule has 0 atom stereocenters. The molecule has 28 heavy (non-hydrogen) atoms. The van der Waals surface area contributed by atoms with Gasteiger partial charge in [0.15, 0.2) is 11.7 Å². The molecule has 0 unspecified atom stereocenters. The third-order valence-corrected chi connectivity index (χ3v) is 6.24. The Kier molecular flexibility index (Phi) is 4.63. The minimum absolute atomic E-state index is 0.199. The van der Waals surface area contributed by atoms with Crippen LogP contribution in [0.2, 0.25) is 0 Å². The zero-order chi connectivity index (χ0) is 19.9. The van der Waals surface area contributed by atoms with Crippen LogP contribution in [0, 0.1) is 6.92 Å². The standard InChI is InChI=1S/C21H23N3O3S/c1-14-4-9-17(12-19(14)24(2)3)23-28(25,26)18-10-7-15(8-11-18)20-13-22-21(27-20)16-5-6-16/h4,7-13,16,23H,5-6H2,1-3H3. The third kappa shape index (κ3) is 3.75. The van der Waals surface area contributed by atoms with E-state index in [0.717, 1.165) is 35.5 Å². The number of hydrogen-bond acceptors (Lipinski definition) is 5. The molecule has 0 radical (unpaired) electrons. The van der Waals surface area contributed by atoms with Crippen molar-refractivity contribution in [2.45, 2.75) is 30.6 Å². The first-order chi connectivity index (χ1) is 13.3. The van der Waals surface area contributed by atoms with Crippen LogP contribution in [0.25, 0.3) is 11.3 Å². The van der Waals surface area contributed by atoms with Crippen molar-refractivity contribution in [2.75, 3.05) is 23.7 Å². The van der Waals surface area contributed by atoms with Crippen LogP contribution in [-0.4, -0.2) is 27.5 Å². The Bertz CT molecular complexity index is 1100. The van der Waals surface area contributed by atoms with Crippen molar-refractivity contribution in [3.63, 3.8) is 0 Å². The summed E-state index contributed by atoms with van der Waals surface area (Å²) < 4.78 is 33.9. The molecule has 0 aliphatic heterocycles. The van der Waals surface area contributed by atoms with Gasteiger partial charge in [-0.05, 0) is 61.7 Å². The van der Waals surface area contributed by atoms with E-state index >= 15 is 0 Å². The van der Waals surface area contributed by atoms with Crippen LogP contribution in [0.4, 0.5) is 11.4 Å². The molecule has 1 heterocycles. The first-order valence-electron chi connectivity index (χ1n) is 9.20. The van der Waals surface area contributed by atoms with Crippen molar-refractivity contribution in [1.29, 1.82) is 0 Å². The quantitative estimate of drug-likeness (QED) is 0.667. The number of oxazole rings is 1. The molecule has 1 N–H and O–H groups in total. The zero-order valence-electron chi connectivity index (χ0n) is 16.1. The molecule has 2 aromatic carbocycles. The van der Waals surface area contributed by atoms with Gasteiger partial charge in [-0.25, -0.2) is 13.4 Å². The first kappa shape index (κ1) is 18.6. The Morgan fingerprint density at radius 1 is 1.11 bits per heavy atom. The van der Waals surface area contributed by atoms with Crippen molar-refractivity contribution in [3.8, 4) is 11.3 Å². The Morgan fingerprint density at radius 2 is 1.82 bits per heavy atom. The highest BCUT2D eigenvalue weighted by Gasteiger charge is 2.28. The fourth-order valence-corrected chi connectivity index (χ4v) is 4.16. The number of aryl methyl sites for hydroxylation is 1. The number of nitrogens with one attached hydrogen (secondary N) is 1. The van der Waals surface area contributed by atoms with E-state index in [9.17, 15) is 8.42 Å². The molecule has 0 spiro atoms. The van der Waals surface area contributed by atoms with Gasteiger partial charge in [-0.2, -0.15) is 0 Å². The summed E-state index contributed by atoms with van der Waals surface area (Å²) in [4.78, 5) is 6.46. The second-order valence-corrected chi connectivity index (χ2v) is 9.04. The third-order valence-electron chi connectivity index (χ3n) is 4.84. The number of benzene rings is 2. The molecular weight excluding hydrogens is 374 g/mol. The van der Waals surface area contributed by atoms with Gasteiger partial charge in [-0.1, -0.05) is 6.07 Å². The zero-order valence-corrected chi connectivity index (χ0v) is 17.0. The Morgan fingerprint density at radius 3 is 2.46 bits per heavy atom. The molecule has 7 heteroatoms. The second-order valence-electron chi connectivity index (χ2n) is 7.36. The van der Waals surface area contributed by atoms with Crippen molar-refractivity contribution in [1.82, 2.24) is 4.98 Å². The van der Waals surface area contributed by atoms with E-state index in [1.54, 1.807) is 36.5 Å². The van der Waals surface area contributed by atoms with E-state index in [2.05, 4.69) is 9.71 Å². The number of anilines is 2. The lowest BCUT2D eigenvalue weighted by molar-refractivity contribution is 0.509. The van der Waals surface area contributed by atoms with Gasteiger partial charge in [-0.15, -0.1) is 0 Å². The van der Waals surface area contributed by atoms with E-state index < -0.39 is 10.0 Å². The molecule has 3 aromatic rings.